The highest BCUT2D eigenvalue weighted by molar-refractivity contribution is 5.23. The van der Waals surface area contributed by atoms with Crippen molar-refractivity contribution in [1.82, 2.24) is 4.90 Å². The Morgan fingerprint density at radius 3 is 2.77 bits per heavy atom. The average molecular weight is 175 g/mol. The summed E-state index contributed by atoms with van der Waals surface area (Å²) in [6, 6.07) is 0. The molecule has 0 saturated heterocycles. The second-order valence-corrected chi connectivity index (χ2v) is 4.10. The minimum Gasteiger partial charge on any atom is -0.381 e. The molecule has 0 heterocycles. The van der Waals surface area contributed by atoms with Gasteiger partial charge in [0.2, 0.25) is 0 Å². The Bertz CT molecular complexity index is 271. The molecule has 1 heteroatoms. The topological polar surface area (TPSA) is 3.24 Å². The average Bonchev–Trinajstić information content (AvgIpc) is 2.17. The van der Waals surface area contributed by atoms with Crippen molar-refractivity contribution in [2.75, 3.05) is 14.1 Å². The lowest BCUT2D eigenvalue weighted by Gasteiger charge is -2.30. The van der Waals surface area contributed by atoms with Crippen LogP contribution < -0.4 is 0 Å². The smallest absolute Gasteiger partial charge is 0.00933 e. The molecular formula is C12H17N. The van der Waals surface area contributed by atoms with Crippen LogP contribution in [0.5, 0.6) is 0 Å². The summed E-state index contributed by atoms with van der Waals surface area (Å²) in [5.41, 5.74) is 1.49. The zero-order valence-corrected chi connectivity index (χ0v) is 8.40. The van der Waals surface area contributed by atoms with E-state index in [1.54, 1.807) is 0 Å². The van der Waals surface area contributed by atoms with Gasteiger partial charge >= 0.3 is 0 Å². The van der Waals surface area contributed by atoms with Gasteiger partial charge in [-0.15, -0.1) is 0 Å². The van der Waals surface area contributed by atoms with E-state index >= 15 is 0 Å². The molecule has 0 aromatic carbocycles. The molecule has 0 radical (unpaired) electrons. The van der Waals surface area contributed by atoms with Crippen molar-refractivity contribution in [3.63, 3.8) is 0 Å². The summed E-state index contributed by atoms with van der Waals surface area (Å²) in [6.45, 7) is 0. The third kappa shape index (κ3) is 1.69. The number of fused-ring (bicyclic) bond motifs is 1. The summed E-state index contributed by atoms with van der Waals surface area (Å²) in [6.07, 6.45) is 13.9. The number of hydrogen-bond acceptors (Lipinski definition) is 1. The first-order chi connectivity index (χ1) is 6.27. The van der Waals surface area contributed by atoms with E-state index in [-0.39, 0.29) is 0 Å². The maximum Gasteiger partial charge on any atom is 0.00933 e. The standard InChI is InChI=1S/C12H17N/c1-13(2)12-8-7-10-5-3-4-6-11(10)9-12/h3-6,9-11H,7-8H2,1-2H3/t10-,11-/m1/s1. The van der Waals surface area contributed by atoms with Crippen LogP contribution in [-0.2, 0) is 0 Å². The molecule has 0 N–H and O–H groups in total. The van der Waals surface area contributed by atoms with Crippen molar-refractivity contribution >= 4 is 0 Å². The predicted molar refractivity (Wildman–Crippen MR) is 56.3 cm³/mol. The summed E-state index contributed by atoms with van der Waals surface area (Å²) in [4.78, 5) is 2.24. The van der Waals surface area contributed by atoms with Gasteiger partial charge in [0.1, 0.15) is 0 Å². The summed E-state index contributed by atoms with van der Waals surface area (Å²) in [7, 11) is 4.27. The summed E-state index contributed by atoms with van der Waals surface area (Å²) >= 11 is 0. The number of hydrogen-bond donors (Lipinski definition) is 0. The van der Waals surface area contributed by atoms with Gasteiger partial charge in [0.05, 0.1) is 0 Å². The minimum absolute atomic E-state index is 0.649. The molecule has 0 aromatic heterocycles. The van der Waals surface area contributed by atoms with Crippen LogP contribution in [0.25, 0.3) is 0 Å². The van der Waals surface area contributed by atoms with Crippen LogP contribution in [0.3, 0.4) is 0 Å². The number of rotatable bonds is 1. The summed E-state index contributed by atoms with van der Waals surface area (Å²) in [5.74, 6) is 1.41. The molecule has 0 bridgehead atoms. The van der Waals surface area contributed by atoms with Gasteiger partial charge in [-0.2, -0.15) is 0 Å². The van der Waals surface area contributed by atoms with Crippen molar-refractivity contribution in [2.45, 2.75) is 12.8 Å². The van der Waals surface area contributed by atoms with Crippen molar-refractivity contribution < 1.29 is 0 Å². The van der Waals surface area contributed by atoms with Gasteiger partial charge in [-0.3, -0.25) is 0 Å². The SMILES string of the molecule is CN(C)C1=C[C@H]2C=CC=C[C@@H]2CC1. The highest BCUT2D eigenvalue weighted by atomic mass is 15.1. The van der Waals surface area contributed by atoms with E-state index in [1.165, 1.54) is 18.5 Å². The fraction of sp³-hybridized carbons (Fsp3) is 0.500. The van der Waals surface area contributed by atoms with Crippen molar-refractivity contribution in [1.29, 1.82) is 0 Å². The Morgan fingerprint density at radius 1 is 1.23 bits per heavy atom. The fourth-order valence-corrected chi connectivity index (χ4v) is 2.13. The summed E-state index contributed by atoms with van der Waals surface area (Å²) in [5, 5.41) is 0. The third-order valence-electron chi connectivity index (χ3n) is 2.99. The van der Waals surface area contributed by atoms with Gasteiger partial charge in [-0.25, -0.2) is 0 Å². The van der Waals surface area contributed by atoms with Crippen LogP contribution in [0.2, 0.25) is 0 Å². The maximum absolute atomic E-state index is 2.41. The van der Waals surface area contributed by atoms with Crippen molar-refractivity contribution in [3.8, 4) is 0 Å². The monoisotopic (exact) mass is 175 g/mol. The molecule has 13 heavy (non-hydrogen) atoms. The molecule has 1 nitrogen and oxygen atoms in total. The Morgan fingerprint density at radius 2 is 2.00 bits per heavy atom. The van der Waals surface area contributed by atoms with Crippen LogP contribution in [0.15, 0.2) is 36.1 Å². The van der Waals surface area contributed by atoms with Crippen LogP contribution >= 0.6 is 0 Å². The van der Waals surface area contributed by atoms with Gasteiger partial charge in [-0.05, 0) is 18.8 Å². The number of allylic oxidation sites excluding steroid dienone is 6. The van der Waals surface area contributed by atoms with E-state index in [9.17, 15) is 0 Å². The first kappa shape index (κ1) is 8.61. The zero-order valence-electron chi connectivity index (χ0n) is 8.40. The molecule has 2 rings (SSSR count). The minimum atomic E-state index is 0.649. The Labute approximate surface area is 80.4 Å². The highest BCUT2D eigenvalue weighted by Crippen LogP contribution is 2.33. The second kappa shape index (κ2) is 3.41. The van der Waals surface area contributed by atoms with E-state index in [1.807, 2.05) is 0 Å². The Balaban J connectivity index is 2.17. The van der Waals surface area contributed by atoms with E-state index in [0.717, 1.165) is 5.92 Å². The van der Waals surface area contributed by atoms with E-state index < -0.39 is 0 Å². The first-order valence-corrected chi connectivity index (χ1v) is 5.00. The van der Waals surface area contributed by atoms with Crippen LogP contribution in [-0.4, -0.2) is 19.0 Å². The van der Waals surface area contributed by atoms with Gasteiger partial charge in [0.25, 0.3) is 0 Å². The fourth-order valence-electron chi connectivity index (χ4n) is 2.13. The third-order valence-corrected chi connectivity index (χ3v) is 2.99. The molecule has 0 saturated carbocycles. The Hall–Kier alpha value is -0.980. The number of nitrogens with zero attached hydrogens (tertiary/aromatic N) is 1. The zero-order chi connectivity index (χ0) is 9.26. The second-order valence-electron chi connectivity index (χ2n) is 4.10. The van der Waals surface area contributed by atoms with Gasteiger partial charge in [-0.1, -0.05) is 30.4 Å². The molecule has 2 aliphatic rings. The molecule has 70 valence electrons. The largest absolute Gasteiger partial charge is 0.381 e. The van der Waals surface area contributed by atoms with Crippen molar-refractivity contribution in [3.05, 3.63) is 36.1 Å². The quantitative estimate of drug-likeness (QED) is 0.592. The Kier molecular flexibility index (Phi) is 2.26. The molecule has 2 aliphatic carbocycles. The molecule has 0 amide bonds. The lowest BCUT2D eigenvalue weighted by atomic mass is 9.80. The molecule has 2 atom stereocenters. The summed E-state index contributed by atoms with van der Waals surface area (Å²) < 4.78 is 0. The normalized spacial score (nSPS) is 31.1. The molecule has 0 aromatic rings. The van der Waals surface area contributed by atoms with Crippen molar-refractivity contribution in [2.24, 2.45) is 11.8 Å². The molecule has 0 spiro atoms. The highest BCUT2D eigenvalue weighted by Gasteiger charge is 2.22. The van der Waals surface area contributed by atoms with Crippen LogP contribution in [0, 0.1) is 11.8 Å². The van der Waals surface area contributed by atoms with Crippen LogP contribution in [0.4, 0.5) is 0 Å². The van der Waals surface area contributed by atoms with Crippen LogP contribution in [0.1, 0.15) is 12.8 Å². The van der Waals surface area contributed by atoms with Gasteiger partial charge in [0, 0.05) is 25.7 Å². The predicted octanol–water partition coefficient (Wildman–Crippen LogP) is 2.58. The molecule has 0 fully saturated rings. The lowest BCUT2D eigenvalue weighted by Crippen LogP contribution is -2.21. The van der Waals surface area contributed by atoms with E-state index in [4.69, 9.17) is 0 Å². The van der Waals surface area contributed by atoms with Gasteiger partial charge < -0.3 is 4.90 Å². The molecule has 0 aliphatic heterocycles. The lowest BCUT2D eigenvalue weighted by molar-refractivity contribution is 0.399. The molecule has 0 unspecified atom stereocenters. The van der Waals surface area contributed by atoms with Gasteiger partial charge in [0.15, 0.2) is 0 Å². The maximum atomic E-state index is 2.41. The first-order valence-electron chi connectivity index (χ1n) is 5.00. The molecular weight excluding hydrogens is 158 g/mol. The van der Waals surface area contributed by atoms with E-state index in [0.29, 0.717) is 5.92 Å². The van der Waals surface area contributed by atoms with E-state index in [2.05, 4.69) is 49.4 Å².